The molecule has 0 aliphatic carbocycles. The SMILES string of the molecule is CC.CC.COc1cc(C)c2[nH]ccc2c1Cn1cc2ccc(C#N)cc2n1. The maximum atomic E-state index is 9.02. The van der Waals surface area contributed by atoms with E-state index in [0.717, 1.165) is 38.7 Å². The summed E-state index contributed by atoms with van der Waals surface area (Å²) in [5.41, 5.74) is 4.81. The molecule has 0 aliphatic heterocycles. The first kappa shape index (κ1) is 21.0. The van der Waals surface area contributed by atoms with Gasteiger partial charge in [-0.1, -0.05) is 27.7 Å². The molecule has 5 nitrogen and oxygen atoms in total. The zero-order chi connectivity index (χ0) is 20.7. The molecule has 4 rings (SSSR count). The summed E-state index contributed by atoms with van der Waals surface area (Å²) >= 11 is 0. The van der Waals surface area contributed by atoms with Crippen LogP contribution in [0, 0.1) is 18.3 Å². The minimum atomic E-state index is 0.606. The highest BCUT2D eigenvalue weighted by molar-refractivity contribution is 5.88. The predicted octanol–water partition coefficient (Wildman–Crippen LogP) is 5.81. The summed E-state index contributed by atoms with van der Waals surface area (Å²) in [6, 6.07) is 11.8. The second-order valence-electron chi connectivity index (χ2n) is 5.85. The molecule has 0 saturated carbocycles. The fraction of sp³-hybridized carbons (Fsp3) is 0.304. The number of nitrogens with one attached hydrogen (secondary N) is 1. The lowest BCUT2D eigenvalue weighted by Gasteiger charge is -2.12. The van der Waals surface area contributed by atoms with Crippen LogP contribution in [0.2, 0.25) is 0 Å². The Morgan fingerprint density at radius 3 is 2.57 bits per heavy atom. The number of hydrogen-bond donors (Lipinski definition) is 1. The maximum Gasteiger partial charge on any atom is 0.124 e. The molecular formula is C23H28N4O. The lowest BCUT2D eigenvalue weighted by Crippen LogP contribution is -2.03. The highest BCUT2D eigenvalue weighted by Crippen LogP contribution is 2.31. The van der Waals surface area contributed by atoms with Crippen LogP contribution < -0.4 is 4.74 Å². The lowest BCUT2D eigenvalue weighted by molar-refractivity contribution is 0.408. The van der Waals surface area contributed by atoms with Gasteiger partial charge in [-0.25, -0.2) is 0 Å². The average Bonchev–Trinajstić information content (AvgIpc) is 3.39. The van der Waals surface area contributed by atoms with E-state index in [9.17, 15) is 0 Å². The smallest absolute Gasteiger partial charge is 0.124 e. The van der Waals surface area contributed by atoms with Crippen molar-refractivity contribution in [1.82, 2.24) is 14.8 Å². The zero-order valence-corrected chi connectivity index (χ0v) is 17.5. The van der Waals surface area contributed by atoms with Crippen molar-refractivity contribution in [2.75, 3.05) is 7.11 Å². The van der Waals surface area contributed by atoms with E-state index in [1.807, 2.05) is 69.0 Å². The lowest BCUT2D eigenvalue weighted by atomic mass is 10.0. The van der Waals surface area contributed by atoms with Gasteiger partial charge < -0.3 is 9.72 Å². The molecule has 0 amide bonds. The van der Waals surface area contributed by atoms with Gasteiger partial charge in [-0.15, -0.1) is 0 Å². The summed E-state index contributed by atoms with van der Waals surface area (Å²) in [5, 5.41) is 15.8. The molecular weight excluding hydrogens is 348 g/mol. The number of aromatic nitrogens is 3. The van der Waals surface area contributed by atoms with Crippen molar-refractivity contribution in [3.05, 3.63) is 59.4 Å². The number of methoxy groups -OCH3 is 1. The van der Waals surface area contributed by atoms with Gasteiger partial charge in [0.25, 0.3) is 0 Å². The van der Waals surface area contributed by atoms with Crippen molar-refractivity contribution in [3.8, 4) is 11.8 Å². The van der Waals surface area contributed by atoms with Gasteiger partial charge in [-0.2, -0.15) is 10.4 Å². The van der Waals surface area contributed by atoms with Gasteiger partial charge in [0, 0.05) is 34.2 Å². The Balaban J connectivity index is 0.000000660. The van der Waals surface area contributed by atoms with Gasteiger partial charge in [0.15, 0.2) is 0 Å². The normalized spacial score (nSPS) is 9.89. The molecule has 1 N–H and O–H groups in total. The van der Waals surface area contributed by atoms with Crippen LogP contribution in [0.1, 0.15) is 44.4 Å². The first-order valence-electron chi connectivity index (χ1n) is 9.70. The first-order valence-corrected chi connectivity index (χ1v) is 9.70. The molecule has 0 aliphatic rings. The largest absolute Gasteiger partial charge is 0.496 e. The highest BCUT2D eigenvalue weighted by Gasteiger charge is 2.13. The van der Waals surface area contributed by atoms with E-state index < -0.39 is 0 Å². The van der Waals surface area contributed by atoms with Crippen molar-refractivity contribution in [2.24, 2.45) is 0 Å². The van der Waals surface area contributed by atoms with Gasteiger partial charge >= 0.3 is 0 Å². The van der Waals surface area contributed by atoms with Gasteiger partial charge in [0.1, 0.15) is 5.75 Å². The topological polar surface area (TPSA) is 66.6 Å². The summed E-state index contributed by atoms with van der Waals surface area (Å²) in [5.74, 6) is 0.858. The van der Waals surface area contributed by atoms with Crippen LogP contribution in [-0.4, -0.2) is 21.9 Å². The van der Waals surface area contributed by atoms with Crippen molar-refractivity contribution in [2.45, 2.75) is 41.2 Å². The molecule has 0 unspecified atom stereocenters. The predicted molar refractivity (Wildman–Crippen MR) is 116 cm³/mol. The minimum Gasteiger partial charge on any atom is -0.496 e. The minimum absolute atomic E-state index is 0.606. The Bertz CT molecular complexity index is 1100. The summed E-state index contributed by atoms with van der Waals surface area (Å²) in [6.07, 6.45) is 3.94. The van der Waals surface area contributed by atoms with Gasteiger partial charge in [0.2, 0.25) is 0 Å². The summed E-state index contributed by atoms with van der Waals surface area (Å²) in [7, 11) is 1.69. The van der Waals surface area contributed by atoms with E-state index >= 15 is 0 Å². The number of ether oxygens (including phenoxy) is 1. The third kappa shape index (κ3) is 4.01. The van der Waals surface area contributed by atoms with Gasteiger partial charge in [-0.3, -0.25) is 4.68 Å². The first-order chi connectivity index (χ1) is 13.7. The molecule has 0 spiro atoms. The number of nitrogens with zero attached hydrogens (tertiary/aromatic N) is 3. The molecule has 2 heterocycles. The summed E-state index contributed by atoms with van der Waals surface area (Å²) in [4.78, 5) is 3.29. The van der Waals surface area contributed by atoms with Crippen LogP contribution in [0.5, 0.6) is 5.75 Å². The number of aryl methyl sites for hydroxylation is 1. The maximum absolute atomic E-state index is 9.02. The molecule has 146 valence electrons. The fourth-order valence-electron chi connectivity index (χ4n) is 3.16. The zero-order valence-electron chi connectivity index (χ0n) is 17.5. The third-order valence-electron chi connectivity index (χ3n) is 4.34. The van der Waals surface area contributed by atoms with Crippen LogP contribution in [0.4, 0.5) is 0 Å². The molecule has 0 atom stereocenters. The van der Waals surface area contributed by atoms with Crippen molar-refractivity contribution in [3.63, 3.8) is 0 Å². The number of hydrogen-bond acceptors (Lipinski definition) is 3. The van der Waals surface area contributed by atoms with Crippen LogP contribution in [0.3, 0.4) is 0 Å². The van der Waals surface area contributed by atoms with E-state index in [0.29, 0.717) is 12.1 Å². The molecule has 0 bridgehead atoms. The van der Waals surface area contributed by atoms with Crippen LogP contribution >= 0.6 is 0 Å². The Labute approximate surface area is 166 Å². The molecule has 28 heavy (non-hydrogen) atoms. The standard InChI is InChI=1S/C19H16N4O.2C2H6/c1-12-7-18(24-2)16(15-5-6-21-19(12)15)11-23-10-14-4-3-13(9-20)8-17(14)22-23;2*1-2/h3-8,10,21H,11H2,1-2H3;2*1-2H3. The van der Waals surface area contributed by atoms with E-state index in [2.05, 4.69) is 29.1 Å². The fourth-order valence-corrected chi connectivity index (χ4v) is 3.16. The second kappa shape index (κ2) is 9.61. The van der Waals surface area contributed by atoms with Crippen LogP contribution in [-0.2, 0) is 6.54 Å². The quantitative estimate of drug-likeness (QED) is 0.491. The molecule has 0 fully saturated rings. The molecule has 5 heteroatoms. The number of fused-ring (bicyclic) bond motifs is 2. The summed E-state index contributed by atoms with van der Waals surface area (Å²) < 4.78 is 7.48. The molecule has 0 radical (unpaired) electrons. The Morgan fingerprint density at radius 2 is 1.89 bits per heavy atom. The second-order valence-corrected chi connectivity index (χ2v) is 5.85. The van der Waals surface area contributed by atoms with E-state index in [1.54, 1.807) is 7.11 Å². The number of nitriles is 1. The van der Waals surface area contributed by atoms with Crippen LogP contribution in [0.25, 0.3) is 21.8 Å². The van der Waals surface area contributed by atoms with Crippen molar-refractivity contribution >= 4 is 21.8 Å². The van der Waals surface area contributed by atoms with Crippen molar-refractivity contribution in [1.29, 1.82) is 5.26 Å². The third-order valence-corrected chi connectivity index (χ3v) is 4.34. The average molecular weight is 377 g/mol. The molecule has 2 aromatic carbocycles. The number of rotatable bonds is 3. The van der Waals surface area contributed by atoms with E-state index in [4.69, 9.17) is 10.00 Å². The Kier molecular flexibility index (Phi) is 7.22. The van der Waals surface area contributed by atoms with Gasteiger partial charge in [0.05, 0.1) is 30.8 Å². The van der Waals surface area contributed by atoms with E-state index in [1.165, 1.54) is 0 Å². The van der Waals surface area contributed by atoms with Gasteiger partial charge in [-0.05, 0) is 42.8 Å². The Morgan fingerprint density at radius 1 is 1.14 bits per heavy atom. The molecule has 4 aromatic rings. The Hall–Kier alpha value is -3.26. The molecule has 0 saturated heterocycles. The summed E-state index contributed by atoms with van der Waals surface area (Å²) in [6.45, 7) is 10.7. The van der Waals surface area contributed by atoms with Crippen LogP contribution in [0.15, 0.2) is 42.7 Å². The monoisotopic (exact) mass is 376 g/mol. The number of benzene rings is 2. The molecule has 2 aromatic heterocycles. The number of aromatic amines is 1. The van der Waals surface area contributed by atoms with Crippen molar-refractivity contribution < 1.29 is 4.74 Å². The highest BCUT2D eigenvalue weighted by atomic mass is 16.5. The number of H-pyrrole nitrogens is 1. The van der Waals surface area contributed by atoms with E-state index in [-0.39, 0.29) is 0 Å².